The Bertz CT molecular complexity index is 1190. The van der Waals surface area contributed by atoms with E-state index in [9.17, 15) is 18.0 Å². The SMILES string of the molecule is CC(C(=N)c1cc(C(=O)N2CC(c3ccc(C#N)cc3)C2)c(C)cc1C)=C(N)COC(F)(F)F. The third-order valence-electron chi connectivity index (χ3n) is 6.00. The van der Waals surface area contributed by atoms with Crippen molar-refractivity contribution < 1.29 is 22.7 Å². The largest absolute Gasteiger partial charge is 0.522 e. The van der Waals surface area contributed by atoms with E-state index in [0.717, 1.165) is 11.1 Å². The Hall–Kier alpha value is -3.64. The van der Waals surface area contributed by atoms with Crippen molar-refractivity contribution in [2.75, 3.05) is 19.7 Å². The van der Waals surface area contributed by atoms with Crippen molar-refractivity contribution >= 4 is 11.6 Å². The number of rotatable bonds is 6. The summed E-state index contributed by atoms with van der Waals surface area (Å²) < 4.78 is 40.8. The van der Waals surface area contributed by atoms with Crippen molar-refractivity contribution in [3.63, 3.8) is 0 Å². The summed E-state index contributed by atoms with van der Waals surface area (Å²) in [6.45, 7) is 5.22. The number of aryl methyl sites for hydroxylation is 2. The lowest BCUT2D eigenvalue weighted by Crippen LogP contribution is -2.48. The van der Waals surface area contributed by atoms with Gasteiger partial charge in [-0.2, -0.15) is 5.26 Å². The Morgan fingerprint density at radius 2 is 1.76 bits per heavy atom. The van der Waals surface area contributed by atoms with E-state index in [4.69, 9.17) is 16.4 Å². The third-order valence-corrected chi connectivity index (χ3v) is 6.00. The number of likely N-dealkylation sites (tertiary alicyclic amines) is 1. The minimum Gasteiger partial charge on any atom is -0.400 e. The molecule has 2 aromatic rings. The highest BCUT2D eigenvalue weighted by Crippen LogP contribution is 2.30. The standard InChI is InChI=1S/C25H25F3N4O2/c1-14-8-15(2)21(9-20(14)23(31)16(3)22(30)13-34-25(26,27)28)24(33)32-11-19(12-32)18-6-4-17(10-29)5-7-18/h4-9,19,31H,11-13,30H2,1-3H3. The van der Waals surface area contributed by atoms with E-state index < -0.39 is 13.0 Å². The van der Waals surface area contributed by atoms with Crippen LogP contribution in [0.4, 0.5) is 13.2 Å². The number of carbonyl (C=O) groups excluding carboxylic acids is 1. The Labute approximate surface area is 195 Å². The van der Waals surface area contributed by atoms with Crippen LogP contribution in [0.2, 0.25) is 0 Å². The lowest BCUT2D eigenvalue weighted by Gasteiger charge is -2.40. The zero-order chi connectivity index (χ0) is 25.2. The van der Waals surface area contributed by atoms with Gasteiger partial charge in [0, 0.05) is 35.8 Å². The van der Waals surface area contributed by atoms with Crippen LogP contribution in [0.15, 0.2) is 47.7 Å². The average Bonchev–Trinajstić information content (AvgIpc) is 2.75. The minimum absolute atomic E-state index is 0.0612. The molecule has 2 aromatic carbocycles. The number of hydrogen-bond donors (Lipinski definition) is 2. The molecule has 1 fully saturated rings. The Balaban J connectivity index is 1.77. The molecule has 3 N–H and O–H groups in total. The van der Waals surface area contributed by atoms with E-state index in [1.807, 2.05) is 12.1 Å². The van der Waals surface area contributed by atoms with Crippen LogP contribution in [0.5, 0.6) is 0 Å². The highest BCUT2D eigenvalue weighted by atomic mass is 19.4. The number of benzene rings is 2. The van der Waals surface area contributed by atoms with Gasteiger partial charge in [-0.05, 0) is 61.2 Å². The summed E-state index contributed by atoms with van der Waals surface area (Å²) in [6, 6.07) is 12.8. The van der Waals surface area contributed by atoms with Crippen LogP contribution >= 0.6 is 0 Å². The molecule has 1 aliphatic rings. The topological polar surface area (TPSA) is 103 Å². The summed E-state index contributed by atoms with van der Waals surface area (Å²) in [7, 11) is 0. The van der Waals surface area contributed by atoms with Gasteiger partial charge in [0.2, 0.25) is 0 Å². The third kappa shape index (κ3) is 5.46. The maximum atomic E-state index is 13.2. The lowest BCUT2D eigenvalue weighted by atomic mass is 9.89. The molecule has 0 saturated carbocycles. The fourth-order valence-corrected chi connectivity index (χ4v) is 3.84. The first-order valence-corrected chi connectivity index (χ1v) is 10.6. The average molecular weight is 470 g/mol. The van der Waals surface area contributed by atoms with Crippen LogP contribution in [-0.4, -0.2) is 42.6 Å². The van der Waals surface area contributed by atoms with Gasteiger partial charge in [-0.25, -0.2) is 0 Å². The Morgan fingerprint density at radius 3 is 2.32 bits per heavy atom. The van der Waals surface area contributed by atoms with Crippen LogP contribution in [-0.2, 0) is 4.74 Å². The van der Waals surface area contributed by atoms with Gasteiger partial charge in [0.15, 0.2) is 0 Å². The number of allylic oxidation sites excluding steroid dienone is 1. The lowest BCUT2D eigenvalue weighted by molar-refractivity contribution is -0.320. The molecule has 3 rings (SSSR count). The smallest absolute Gasteiger partial charge is 0.400 e. The number of alkyl halides is 3. The van der Waals surface area contributed by atoms with E-state index in [0.29, 0.717) is 35.3 Å². The number of carbonyl (C=O) groups is 1. The van der Waals surface area contributed by atoms with Crippen LogP contribution in [0.25, 0.3) is 0 Å². The molecule has 34 heavy (non-hydrogen) atoms. The van der Waals surface area contributed by atoms with Crippen molar-refractivity contribution in [2.45, 2.75) is 33.1 Å². The second-order valence-electron chi connectivity index (χ2n) is 8.38. The van der Waals surface area contributed by atoms with E-state index in [-0.39, 0.29) is 28.8 Å². The maximum absolute atomic E-state index is 13.2. The summed E-state index contributed by atoms with van der Waals surface area (Å²) >= 11 is 0. The maximum Gasteiger partial charge on any atom is 0.522 e. The molecule has 0 unspecified atom stereocenters. The first-order chi connectivity index (χ1) is 15.9. The normalized spacial score (nSPS) is 14.8. The Kier molecular flexibility index (Phi) is 7.12. The number of amides is 1. The van der Waals surface area contributed by atoms with Gasteiger partial charge in [0.1, 0.15) is 0 Å². The molecular formula is C25H25F3N4O2. The van der Waals surface area contributed by atoms with Gasteiger partial charge >= 0.3 is 6.36 Å². The molecule has 1 heterocycles. The quantitative estimate of drug-likeness (QED) is 0.605. The Morgan fingerprint density at radius 1 is 1.18 bits per heavy atom. The van der Waals surface area contributed by atoms with E-state index in [2.05, 4.69) is 10.8 Å². The van der Waals surface area contributed by atoms with Crippen LogP contribution in [0.1, 0.15) is 51.0 Å². The molecule has 0 aromatic heterocycles. The summed E-state index contributed by atoms with van der Waals surface area (Å²) in [5.74, 6) is 0.00489. The van der Waals surface area contributed by atoms with Gasteiger partial charge in [-0.1, -0.05) is 18.2 Å². The number of nitrogens with one attached hydrogen (secondary N) is 1. The summed E-state index contributed by atoms with van der Waals surface area (Å²) in [5, 5.41) is 17.4. The number of nitrogens with two attached hydrogens (primary N) is 1. The molecule has 9 heteroatoms. The van der Waals surface area contributed by atoms with E-state index in [1.165, 1.54) is 6.92 Å². The van der Waals surface area contributed by atoms with Crippen LogP contribution < -0.4 is 5.73 Å². The van der Waals surface area contributed by atoms with E-state index in [1.54, 1.807) is 43.0 Å². The van der Waals surface area contributed by atoms with Crippen LogP contribution in [0.3, 0.4) is 0 Å². The van der Waals surface area contributed by atoms with Crippen molar-refractivity contribution in [1.82, 2.24) is 4.90 Å². The molecule has 0 radical (unpaired) electrons. The molecule has 1 aliphatic heterocycles. The second kappa shape index (κ2) is 9.69. The highest BCUT2D eigenvalue weighted by Gasteiger charge is 2.33. The number of hydrogen-bond acceptors (Lipinski definition) is 5. The van der Waals surface area contributed by atoms with Crippen molar-refractivity contribution in [3.8, 4) is 6.07 Å². The molecule has 0 atom stereocenters. The molecule has 1 saturated heterocycles. The fraction of sp³-hybridized carbons (Fsp3) is 0.320. The number of ether oxygens (including phenoxy) is 1. The predicted octanol–water partition coefficient (Wildman–Crippen LogP) is 4.55. The van der Waals surface area contributed by atoms with Gasteiger partial charge < -0.3 is 10.6 Å². The minimum atomic E-state index is -4.82. The summed E-state index contributed by atoms with van der Waals surface area (Å²) in [5.41, 5.74) is 9.56. The monoisotopic (exact) mass is 470 g/mol. The molecule has 178 valence electrons. The van der Waals surface area contributed by atoms with Gasteiger partial charge in [-0.15, -0.1) is 13.2 Å². The molecule has 0 bridgehead atoms. The summed E-state index contributed by atoms with van der Waals surface area (Å²) in [6.07, 6.45) is -4.82. The van der Waals surface area contributed by atoms with Crippen LogP contribution in [0, 0.1) is 30.6 Å². The van der Waals surface area contributed by atoms with Gasteiger partial charge in [0.05, 0.1) is 24.0 Å². The van der Waals surface area contributed by atoms with Crippen molar-refractivity contribution in [3.05, 3.63) is 81.0 Å². The molecule has 1 amide bonds. The first-order valence-electron chi connectivity index (χ1n) is 10.6. The number of nitrogens with zero attached hydrogens (tertiary/aromatic N) is 2. The predicted molar refractivity (Wildman–Crippen MR) is 121 cm³/mol. The van der Waals surface area contributed by atoms with Crippen molar-refractivity contribution in [2.24, 2.45) is 5.73 Å². The van der Waals surface area contributed by atoms with Gasteiger partial charge in [0.25, 0.3) is 5.91 Å². The fourth-order valence-electron chi connectivity index (χ4n) is 3.84. The molecule has 0 spiro atoms. The molecule has 6 nitrogen and oxygen atoms in total. The zero-order valence-electron chi connectivity index (χ0n) is 19.1. The molecule has 0 aliphatic carbocycles. The number of halogens is 3. The van der Waals surface area contributed by atoms with E-state index >= 15 is 0 Å². The number of nitriles is 1. The van der Waals surface area contributed by atoms with Gasteiger partial charge in [-0.3, -0.25) is 14.9 Å². The highest BCUT2D eigenvalue weighted by molar-refractivity contribution is 6.12. The first kappa shape index (κ1) is 25.0. The second-order valence-corrected chi connectivity index (χ2v) is 8.38. The summed E-state index contributed by atoms with van der Waals surface area (Å²) in [4.78, 5) is 14.9. The molecular weight excluding hydrogens is 445 g/mol. The van der Waals surface area contributed by atoms with Crippen molar-refractivity contribution in [1.29, 1.82) is 10.7 Å². The zero-order valence-corrected chi connectivity index (χ0v) is 19.1.